The summed E-state index contributed by atoms with van der Waals surface area (Å²) >= 11 is 6.64. The smallest absolute Gasteiger partial charge is 0.409 e. The lowest BCUT2D eigenvalue weighted by molar-refractivity contribution is -0.120. The Balaban J connectivity index is 1.51. The zero-order valence-electron chi connectivity index (χ0n) is 26.7. The number of halogens is 4. The summed E-state index contributed by atoms with van der Waals surface area (Å²) in [7, 11) is 18.4. The fourth-order valence-electron chi connectivity index (χ4n) is 6.15. The number of anilines is 1. The molecule has 2 aliphatic heterocycles. The number of nitrogens with one attached hydrogen (secondary N) is 1. The number of ether oxygens (including phenoxy) is 2. The van der Waals surface area contributed by atoms with E-state index in [0.29, 0.717) is 30.1 Å². The van der Waals surface area contributed by atoms with Crippen LogP contribution in [-0.4, -0.2) is 97.0 Å². The van der Waals surface area contributed by atoms with Gasteiger partial charge >= 0.3 is 12.7 Å². The first-order chi connectivity index (χ1) is 23.0. The summed E-state index contributed by atoms with van der Waals surface area (Å²) < 4.78 is 55.1. The van der Waals surface area contributed by atoms with Gasteiger partial charge in [-0.05, 0) is 39.0 Å². The first-order valence-electron chi connectivity index (χ1n) is 15.2. The molecule has 49 heavy (non-hydrogen) atoms. The monoisotopic (exact) mass is 687 g/mol. The molecule has 6 radical (unpaired) electrons. The highest BCUT2D eigenvalue weighted by molar-refractivity contribution is 6.59. The molecule has 4 aromatic rings. The van der Waals surface area contributed by atoms with Gasteiger partial charge in [0.25, 0.3) is 0 Å². The Morgan fingerprint density at radius 1 is 1.16 bits per heavy atom. The summed E-state index contributed by atoms with van der Waals surface area (Å²) in [5, 5.41) is 0.532. The summed E-state index contributed by atoms with van der Waals surface area (Å²) in [6.07, 6.45) is 1.84. The van der Waals surface area contributed by atoms with Gasteiger partial charge in [-0.25, -0.2) is 24.1 Å². The lowest BCUT2D eigenvalue weighted by Gasteiger charge is -2.41. The van der Waals surface area contributed by atoms with Gasteiger partial charge in [0.05, 0.1) is 53.2 Å². The zero-order valence-corrected chi connectivity index (χ0v) is 27.4. The van der Waals surface area contributed by atoms with E-state index >= 15 is 4.39 Å². The van der Waals surface area contributed by atoms with E-state index in [0.717, 1.165) is 4.90 Å². The number of benzene rings is 2. The van der Waals surface area contributed by atoms with E-state index < -0.39 is 41.4 Å². The van der Waals surface area contributed by atoms with Crippen LogP contribution < -0.4 is 15.0 Å². The fourth-order valence-corrected chi connectivity index (χ4v) is 6.44. The number of amides is 2. The van der Waals surface area contributed by atoms with Crippen LogP contribution in [0.15, 0.2) is 42.7 Å². The molecule has 1 fully saturated rings. The minimum Gasteiger partial charge on any atom is -0.444 e. The molecule has 2 aromatic carbocycles. The second kappa shape index (κ2) is 12.8. The molecule has 0 bridgehead atoms. The average molecular weight is 687 g/mol. The zero-order chi connectivity index (χ0) is 35.4. The molecule has 1 saturated heterocycles. The number of rotatable bonds is 7. The molecule has 0 aliphatic carbocycles. The van der Waals surface area contributed by atoms with Gasteiger partial charge in [-0.3, -0.25) is 4.79 Å². The molecule has 0 spiro atoms. The first-order valence-corrected chi connectivity index (χ1v) is 15.6. The standard InChI is InChI=1S/C31H28B3ClF3N7O4/c1-30(2,3)49-29(47)45(31(32,33)34)22-11-21(25-17(35)5-4-6-23(25)48-27(37)38)44-20-9-16(18(36)10-19(20)42-26(22)44)15-12-40-28(41-13-15)43-8-7-39-24(46)14-43/h4-6,9-10,12-13,21-22,27H,7-8,11,14H2,1-3H3,(H,39,46)/t21-,22-/m1/s1. The van der Waals surface area contributed by atoms with Crippen molar-refractivity contribution in [3.63, 3.8) is 0 Å². The second-order valence-corrected chi connectivity index (χ2v) is 13.1. The minimum absolute atomic E-state index is 0.0534. The average Bonchev–Trinajstić information content (AvgIpc) is 3.52. The molecule has 4 heterocycles. The molecule has 18 heteroatoms. The Labute approximate surface area is 288 Å². The lowest BCUT2D eigenvalue weighted by atomic mass is 9.48. The van der Waals surface area contributed by atoms with Crippen LogP contribution in [0.3, 0.4) is 0 Å². The number of alkyl halides is 2. The number of piperazine rings is 1. The topological polar surface area (TPSA) is 115 Å². The Morgan fingerprint density at radius 2 is 1.88 bits per heavy atom. The molecular weight excluding hydrogens is 659 g/mol. The van der Waals surface area contributed by atoms with Gasteiger partial charge in [-0.2, -0.15) is 8.78 Å². The summed E-state index contributed by atoms with van der Waals surface area (Å²) in [5.74, 6) is -0.595. The van der Waals surface area contributed by atoms with Gasteiger partial charge in [0.15, 0.2) is 0 Å². The fraction of sp³-hybridized carbons (Fsp3) is 0.387. The highest BCUT2D eigenvalue weighted by atomic mass is 35.5. The molecule has 2 amide bonds. The van der Waals surface area contributed by atoms with Crippen LogP contribution in [-0.2, 0) is 9.53 Å². The van der Waals surface area contributed by atoms with Crippen LogP contribution >= 0.6 is 11.6 Å². The van der Waals surface area contributed by atoms with E-state index in [-0.39, 0.29) is 52.1 Å². The predicted molar refractivity (Wildman–Crippen MR) is 178 cm³/mol. The summed E-state index contributed by atoms with van der Waals surface area (Å²) in [6.45, 7) is 2.77. The Kier molecular flexibility index (Phi) is 9.01. The third-order valence-electron chi connectivity index (χ3n) is 8.01. The summed E-state index contributed by atoms with van der Waals surface area (Å²) in [6, 6.07) is 4.97. The number of hydrogen-bond acceptors (Lipinski definition) is 8. The second-order valence-electron chi connectivity index (χ2n) is 12.7. The van der Waals surface area contributed by atoms with E-state index in [1.807, 2.05) is 0 Å². The van der Waals surface area contributed by atoms with Crippen LogP contribution in [0.2, 0.25) is 5.02 Å². The van der Waals surface area contributed by atoms with E-state index in [2.05, 4.69) is 20.3 Å². The molecule has 248 valence electrons. The van der Waals surface area contributed by atoms with Crippen molar-refractivity contribution in [3.8, 4) is 16.9 Å². The number of carbonyl (C=O) groups excluding carboxylic acids is 2. The van der Waals surface area contributed by atoms with Gasteiger partial charge in [0.1, 0.15) is 23.0 Å². The third-order valence-corrected chi connectivity index (χ3v) is 8.34. The highest BCUT2D eigenvalue weighted by Gasteiger charge is 2.46. The van der Waals surface area contributed by atoms with Gasteiger partial charge in [0.2, 0.25) is 11.9 Å². The number of carbonyl (C=O) groups is 2. The molecule has 0 saturated carbocycles. The van der Waals surface area contributed by atoms with Crippen LogP contribution in [0.5, 0.6) is 5.75 Å². The minimum atomic E-state index is -3.18. The van der Waals surface area contributed by atoms with Crippen LogP contribution in [0.25, 0.3) is 22.2 Å². The Morgan fingerprint density at radius 3 is 2.51 bits per heavy atom. The van der Waals surface area contributed by atoms with E-state index in [4.69, 9.17) is 44.6 Å². The summed E-state index contributed by atoms with van der Waals surface area (Å²) in [4.78, 5) is 41.4. The van der Waals surface area contributed by atoms with Crippen molar-refractivity contribution in [2.45, 2.75) is 56.7 Å². The van der Waals surface area contributed by atoms with Gasteiger partial charge in [0, 0.05) is 59.7 Å². The molecule has 1 N–H and O–H groups in total. The molecule has 0 unspecified atom stereocenters. The first kappa shape index (κ1) is 34.5. The molecule has 6 rings (SSSR count). The van der Waals surface area contributed by atoms with Gasteiger partial charge in [-0.1, -0.05) is 22.9 Å². The van der Waals surface area contributed by atoms with Gasteiger partial charge in [-0.15, -0.1) is 0 Å². The molecule has 11 nitrogen and oxygen atoms in total. The third kappa shape index (κ3) is 6.90. The number of hydrogen-bond donors (Lipinski definition) is 1. The van der Waals surface area contributed by atoms with Crippen molar-refractivity contribution in [2.75, 3.05) is 24.5 Å². The van der Waals surface area contributed by atoms with Crippen LogP contribution in [0.4, 0.5) is 23.9 Å². The van der Waals surface area contributed by atoms with Crippen LogP contribution in [0, 0.1) is 5.82 Å². The predicted octanol–water partition coefficient (Wildman–Crippen LogP) is 4.21. The Hall–Kier alpha value is -4.40. The lowest BCUT2D eigenvalue weighted by Crippen LogP contribution is -2.56. The quantitative estimate of drug-likeness (QED) is 0.288. The highest BCUT2D eigenvalue weighted by Crippen LogP contribution is 2.50. The van der Waals surface area contributed by atoms with Crippen molar-refractivity contribution in [1.29, 1.82) is 0 Å². The maximum absolute atomic E-state index is 15.8. The van der Waals surface area contributed by atoms with E-state index in [1.54, 1.807) is 30.2 Å². The van der Waals surface area contributed by atoms with E-state index in [9.17, 15) is 18.4 Å². The SMILES string of the molecule is [B]C([B])([B])N(C(=O)OC(C)(C)C)[C@@H]1C[C@H](c2c(Cl)cccc2OC(F)F)n2c1nc1cc(F)c(-c3cnc(N4CCNC(=O)C4)nc3)cc12. The van der Waals surface area contributed by atoms with Crippen molar-refractivity contribution in [1.82, 2.24) is 29.7 Å². The van der Waals surface area contributed by atoms with Gasteiger partial charge < -0.3 is 29.2 Å². The van der Waals surface area contributed by atoms with Crippen molar-refractivity contribution in [2.24, 2.45) is 0 Å². The van der Waals surface area contributed by atoms with Crippen molar-refractivity contribution < 1.29 is 32.2 Å². The van der Waals surface area contributed by atoms with Crippen LogP contribution in [0.1, 0.15) is 50.7 Å². The summed E-state index contributed by atoms with van der Waals surface area (Å²) in [5.41, 5.74) is 0.0868. The number of fused-ring (bicyclic) bond motifs is 3. The number of nitrogens with zero attached hydrogens (tertiary/aromatic N) is 6. The normalized spacial score (nSPS) is 18.0. The molecule has 2 atom stereocenters. The Bertz CT molecular complexity index is 1920. The van der Waals surface area contributed by atoms with Crippen molar-refractivity contribution in [3.05, 3.63) is 65.0 Å². The van der Waals surface area contributed by atoms with Crippen molar-refractivity contribution >= 4 is 64.1 Å². The van der Waals surface area contributed by atoms with E-state index in [1.165, 1.54) is 42.7 Å². The molecule has 2 aromatic heterocycles. The maximum Gasteiger partial charge on any atom is 0.409 e. The largest absolute Gasteiger partial charge is 0.444 e. The maximum atomic E-state index is 15.8. The number of aromatic nitrogens is 4. The molecule has 2 aliphatic rings. The number of imidazole rings is 1. The molecular formula is C31H28B3ClF3N7O4.